The summed E-state index contributed by atoms with van der Waals surface area (Å²) < 4.78 is 40.1. The van der Waals surface area contributed by atoms with Gasteiger partial charge in [0.1, 0.15) is 27.6 Å². The summed E-state index contributed by atoms with van der Waals surface area (Å²) in [7, 11) is -1.63. The van der Waals surface area contributed by atoms with Crippen LogP contribution in [-0.2, 0) is 21.7 Å². The zero-order valence-corrected chi connectivity index (χ0v) is 23.8. The molecular weight excluding hydrogens is 562 g/mol. The van der Waals surface area contributed by atoms with E-state index in [4.69, 9.17) is 12.2 Å². The van der Waals surface area contributed by atoms with Crippen molar-refractivity contribution in [3.05, 3.63) is 62.0 Å². The molecule has 0 bridgehead atoms. The van der Waals surface area contributed by atoms with Crippen molar-refractivity contribution in [1.82, 2.24) is 9.47 Å². The van der Waals surface area contributed by atoms with E-state index in [-0.39, 0.29) is 33.1 Å². The highest BCUT2D eigenvalue weighted by Gasteiger charge is 2.42. The molecule has 2 aromatic rings. The molecular formula is C26H26FN5O4S3. The van der Waals surface area contributed by atoms with Crippen LogP contribution in [-0.4, -0.2) is 71.8 Å². The molecule has 0 saturated carbocycles. The second-order valence-corrected chi connectivity index (χ2v) is 13.7. The summed E-state index contributed by atoms with van der Waals surface area (Å²) in [6, 6.07) is 8.07. The van der Waals surface area contributed by atoms with Gasteiger partial charge in [-0.25, -0.2) is 12.8 Å². The molecule has 5 rings (SSSR count). The topological polar surface area (TPSA) is 107 Å². The molecule has 3 aliphatic rings. The number of anilines is 2. The molecule has 1 amide bonds. The Hall–Kier alpha value is -3.21. The molecule has 204 valence electrons. The Bertz CT molecular complexity index is 1620. The van der Waals surface area contributed by atoms with Crippen LogP contribution in [0, 0.1) is 24.1 Å². The number of carbonyl (C=O) groups excluding carboxylic acids is 1. The van der Waals surface area contributed by atoms with Crippen molar-refractivity contribution < 1.29 is 17.6 Å². The van der Waals surface area contributed by atoms with Crippen molar-refractivity contribution in [3.8, 4) is 6.07 Å². The first-order valence-corrected chi connectivity index (χ1v) is 15.4. The molecule has 9 nitrogen and oxygen atoms in total. The molecule has 1 aromatic heterocycles. The molecule has 3 aliphatic heterocycles. The molecule has 4 heterocycles. The normalized spacial score (nSPS) is 22.2. The van der Waals surface area contributed by atoms with Crippen LogP contribution in [0.1, 0.15) is 23.1 Å². The van der Waals surface area contributed by atoms with E-state index in [2.05, 4.69) is 0 Å². The second kappa shape index (κ2) is 10.4. The fraction of sp³-hybridized carbons (Fsp3) is 0.385. The van der Waals surface area contributed by atoms with Gasteiger partial charge in [-0.3, -0.25) is 19.1 Å². The maximum Gasteiger partial charge on any atom is 0.270 e. The zero-order chi connectivity index (χ0) is 28.1. The van der Waals surface area contributed by atoms with E-state index in [9.17, 15) is 27.7 Å². The Morgan fingerprint density at radius 1 is 1.15 bits per heavy atom. The van der Waals surface area contributed by atoms with Crippen molar-refractivity contribution in [1.29, 1.82) is 5.26 Å². The van der Waals surface area contributed by atoms with Gasteiger partial charge in [0.05, 0.1) is 28.1 Å². The number of carbonyl (C=O) groups is 1. The van der Waals surface area contributed by atoms with E-state index in [1.54, 1.807) is 38.2 Å². The molecule has 0 spiro atoms. The molecule has 3 fully saturated rings. The highest BCUT2D eigenvalue weighted by Crippen LogP contribution is 2.38. The number of piperazine rings is 1. The summed E-state index contributed by atoms with van der Waals surface area (Å²) in [4.78, 5) is 32.1. The number of nitrogens with zero attached hydrogens (tertiary/aromatic N) is 5. The number of pyridine rings is 1. The van der Waals surface area contributed by atoms with E-state index in [1.807, 2.05) is 15.9 Å². The van der Waals surface area contributed by atoms with Gasteiger partial charge in [-0.05, 0) is 37.1 Å². The van der Waals surface area contributed by atoms with Crippen molar-refractivity contribution in [3.63, 3.8) is 0 Å². The number of halogens is 1. The summed E-state index contributed by atoms with van der Waals surface area (Å²) in [5.74, 6) is -0.234. The van der Waals surface area contributed by atoms with Crippen molar-refractivity contribution in [2.24, 2.45) is 7.05 Å². The average molecular weight is 588 g/mol. The molecule has 1 aromatic carbocycles. The highest BCUT2D eigenvalue weighted by atomic mass is 32.2. The summed E-state index contributed by atoms with van der Waals surface area (Å²) in [6.07, 6.45) is 1.98. The standard InChI is InChI=1S/C26H26FN5O4S3/c1-16-18(13-22-25(34)32(26(37)38-22)17-7-12-39(35,36)15-17)23(29(2)24(33)19(16)14-28)31-10-8-30(9-11-31)21-6-4-3-5-20(21)27/h3-6,13,17H,7-12,15H2,1-2H3/b22-13-. The molecule has 0 aliphatic carbocycles. The van der Waals surface area contributed by atoms with Crippen LogP contribution in [0.3, 0.4) is 0 Å². The van der Waals surface area contributed by atoms with Crippen molar-refractivity contribution in [2.45, 2.75) is 19.4 Å². The third kappa shape index (κ3) is 4.97. The Morgan fingerprint density at radius 2 is 1.82 bits per heavy atom. The largest absolute Gasteiger partial charge is 0.366 e. The van der Waals surface area contributed by atoms with Gasteiger partial charge in [0.25, 0.3) is 11.5 Å². The first kappa shape index (κ1) is 27.4. The number of nitriles is 1. The number of hydrogen-bond donors (Lipinski definition) is 0. The fourth-order valence-electron chi connectivity index (χ4n) is 5.37. The Kier molecular flexibility index (Phi) is 7.30. The fourth-order valence-corrected chi connectivity index (χ4v) is 8.45. The molecule has 13 heteroatoms. The summed E-state index contributed by atoms with van der Waals surface area (Å²) in [5.41, 5.74) is 1.05. The second-order valence-electron chi connectivity index (χ2n) is 9.75. The predicted octanol–water partition coefficient (Wildman–Crippen LogP) is 2.42. The zero-order valence-electron chi connectivity index (χ0n) is 21.4. The van der Waals surface area contributed by atoms with Gasteiger partial charge in [0.2, 0.25) is 0 Å². The lowest BCUT2D eigenvalue weighted by Gasteiger charge is -2.38. The molecule has 1 unspecified atom stereocenters. The number of benzene rings is 1. The maximum absolute atomic E-state index is 14.4. The lowest BCUT2D eigenvalue weighted by Crippen LogP contribution is -2.48. The Balaban J connectivity index is 1.51. The average Bonchev–Trinajstić information content (AvgIpc) is 3.40. The van der Waals surface area contributed by atoms with Crippen LogP contribution in [0.2, 0.25) is 0 Å². The van der Waals surface area contributed by atoms with Crippen LogP contribution in [0.4, 0.5) is 15.9 Å². The predicted molar refractivity (Wildman–Crippen MR) is 154 cm³/mol. The van der Waals surface area contributed by atoms with E-state index in [0.717, 1.165) is 11.8 Å². The van der Waals surface area contributed by atoms with E-state index in [1.165, 1.54) is 15.5 Å². The lowest BCUT2D eigenvalue weighted by molar-refractivity contribution is -0.123. The number of amides is 1. The minimum atomic E-state index is -3.22. The van der Waals surface area contributed by atoms with E-state index >= 15 is 0 Å². The Labute approximate surface area is 235 Å². The van der Waals surface area contributed by atoms with Crippen LogP contribution < -0.4 is 15.4 Å². The van der Waals surface area contributed by atoms with Crippen LogP contribution >= 0.6 is 24.0 Å². The maximum atomic E-state index is 14.4. The third-order valence-electron chi connectivity index (χ3n) is 7.41. The lowest BCUT2D eigenvalue weighted by atomic mass is 10.0. The molecule has 3 saturated heterocycles. The van der Waals surface area contributed by atoms with E-state index < -0.39 is 21.4 Å². The van der Waals surface area contributed by atoms with Gasteiger partial charge < -0.3 is 9.80 Å². The van der Waals surface area contributed by atoms with E-state index in [0.29, 0.717) is 60.1 Å². The van der Waals surface area contributed by atoms with Crippen LogP contribution in [0.15, 0.2) is 34.0 Å². The van der Waals surface area contributed by atoms with Crippen LogP contribution in [0.25, 0.3) is 6.08 Å². The number of thioether (sulfide) groups is 1. The van der Waals surface area contributed by atoms with Gasteiger partial charge >= 0.3 is 0 Å². The summed E-state index contributed by atoms with van der Waals surface area (Å²) in [6.45, 7) is 3.65. The first-order chi connectivity index (χ1) is 18.5. The number of aromatic nitrogens is 1. The first-order valence-electron chi connectivity index (χ1n) is 12.4. The third-order valence-corrected chi connectivity index (χ3v) is 10.5. The number of sulfone groups is 1. The van der Waals surface area contributed by atoms with Gasteiger partial charge in [-0.15, -0.1) is 0 Å². The number of para-hydroxylation sites is 1. The van der Waals surface area contributed by atoms with Crippen LogP contribution in [0.5, 0.6) is 0 Å². The van der Waals surface area contributed by atoms with Crippen molar-refractivity contribution in [2.75, 3.05) is 47.5 Å². The summed E-state index contributed by atoms with van der Waals surface area (Å²) >= 11 is 6.54. The molecule has 0 N–H and O–H groups in total. The number of thiocarbonyl (C=S) groups is 1. The SMILES string of the molecule is Cc1c(/C=C2\SC(=S)N(C3CCS(=O)(=O)C3)C2=O)c(N2CCN(c3ccccc3F)CC2)n(C)c(=O)c1C#N. The monoisotopic (exact) mass is 587 g/mol. The molecule has 1 atom stereocenters. The minimum absolute atomic E-state index is 0.0161. The quantitative estimate of drug-likeness (QED) is 0.394. The number of hydrogen-bond acceptors (Lipinski definition) is 9. The van der Waals surface area contributed by atoms with Gasteiger partial charge in [-0.2, -0.15) is 5.26 Å². The molecule has 0 radical (unpaired) electrons. The van der Waals surface area contributed by atoms with Gasteiger partial charge in [0.15, 0.2) is 9.84 Å². The minimum Gasteiger partial charge on any atom is -0.366 e. The van der Waals surface area contributed by atoms with Gasteiger partial charge in [0, 0.05) is 38.8 Å². The molecule has 39 heavy (non-hydrogen) atoms. The van der Waals surface area contributed by atoms with Crippen molar-refractivity contribution >= 4 is 61.6 Å². The number of rotatable bonds is 4. The van der Waals surface area contributed by atoms with Gasteiger partial charge in [-0.1, -0.05) is 36.1 Å². The highest BCUT2D eigenvalue weighted by molar-refractivity contribution is 8.26. The summed E-state index contributed by atoms with van der Waals surface area (Å²) in [5, 5.41) is 9.73. The Morgan fingerprint density at radius 3 is 2.44 bits per heavy atom. The smallest absolute Gasteiger partial charge is 0.270 e.